The van der Waals surface area contributed by atoms with Gasteiger partial charge in [0.1, 0.15) is 5.69 Å². The number of H-pyrrole nitrogens is 1. The quantitative estimate of drug-likeness (QED) is 0.733. The van der Waals surface area contributed by atoms with Gasteiger partial charge in [-0.3, -0.25) is 19.7 Å². The molecule has 1 aliphatic heterocycles. The van der Waals surface area contributed by atoms with Gasteiger partial charge in [0.2, 0.25) is 5.91 Å². The van der Waals surface area contributed by atoms with Gasteiger partial charge in [-0.25, -0.2) is 0 Å². The van der Waals surface area contributed by atoms with Crippen molar-refractivity contribution in [2.24, 2.45) is 5.92 Å². The van der Waals surface area contributed by atoms with E-state index in [1.54, 1.807) is 23.4 Å². The van der Waals surface area contributed by atoms with Crippen LogP contribution in [-0.2, 0) is 4.79 Å². The number of benzene rings is 1. The lowest BCUT2D eigenvalue weighted by Crippen LogP contribution is -2.43. The Hall–Kier alpha value is -3.48. The van der Waals surface area contributed by atoms with E-state index in [1.165, 1.54) is 0 Å². The molecule has 0 saturated carbocycles. The number of nitrogens with one attached hydrogen (secondary N) is 2. The molecule has 0 radical (unpaired) electrons. The second-order valence-electron chi connectivity index (χ2n) is 6.85. The number of piperidine rings is 1. The summed E-state index contributed by atoms with van der Waals surface area (Å²) in [5.74, 6) is -0.414. The van der Waals surface area contributed by atoms with Crippen molar-refractivity contribution in [2.45, 2.75) is 12.8 Å². The van der Waals surface area contributed by atoms with Crippen LogP contribution in [0.2, 0.25) is 0 Å². The minimum Gasteiger partial charge on any atom is -0.337 e. The Morgan fingerprint density at radius 2 is 2.00 bits per heavy atom. The first-order chi connectivity index (χ1) is 13.7. The number of carbonyl (C=O) groups excluding carboxylic acids is 2. The van der Waals surface area contributed by atoms with Gasteiger partial charge in [0.05, 0.1) is 11.6 Å². The normalized spacial score (nSPS) is 16.6. The van der Waals surface area contributed by atoms with E-state index >= 15 is 0 Å². The molecule has 3 aromatic rings. The molecule has 142 valence electrons. The summed E-state index contributed by atoms with van der Waals surface area (Å²) < 4.78 is 0. The molecule has 4 rings (SSSR count). The van der Waals surface area contributed by atoms with Crippen molar-refractivity contribution in [1.29, 1.82) is 0 Å². The average Bonchev–Trinajstić information content (AvgIpc) is 3.25. The maximum absolute atomic E-state index is 12.9. The monoisotopic (exact) mass is 375 g/mol. The average molecular weight is 375 g/mol. The van der Waals surface area contributed by atoms with Crippen LogP contribution in [0.5, 0.6) is 0 Å². The van der Waals surface area contributed by atoms with E-state index in [4.69, 9.17) is 0 Å². The number of anilines is 1. The van der Waals surface area contributed by atoms with Gasteiger partial charge in [-0.1, -0.05) is 18.2 Å². The number of pyridine rings is 1. The Bertz CT molecular complexity index is 955. The van der Waals surface area contributed by atoms with E-state index in [0.717, 1.165) is 24.1 Å². The zero-order chi connectivity index (χ0) is 19.3. The molecular weight excluding hydrogens is 354 g/mol. The standard InChI is InChI=1S/C21H21N5O2/c27-20(23-17-8-2-1-3-9-17)16-7-5-11-26(14-16)21(28)19-12-18(24-25-19)15-6-4-10-22-13-15/h1-4,6,8-10,12-13,16H,5,7,11,14H2,(H,23,27)(H,24,25)/t16-/m0/s1. The lowest BCUT2D eigenvalue weighted by Gasteiger charge is -2.31. The lowest BCUT2D eigenvalue weighted by molar-refractivity contribution is -0.121. The highest BCUT2D eigenvalue weighted by Crippen LogP contribution is 2.22. The van der Waals surface area contributed by atoms with E-state index in [-0.39, 0.29) is 17.7 Å². The molecule has 0 bridgehead atoms. The molecule has 7 heteroatoms. The predicted molar refractivity (Wildman–Crippen MR) is 106 cm³/mol. The maximum Gasteiger partial charge on any atom is 0.271 e. The Morgan fingerprint density at radius 1 is 1.14 bits per heavy atom. The van der Waals surface area contributed by atoms with Gasteiger partial charge in [-0.2, -0.15) is 5.10 Å². The Morgan fingerprint density at radius 3 is 2.79 bits per heavy atom. The molecule has 0 unspecified atom stereocenters. The van der Waals surface area contributed by atoms with Crippen LogP contribution in [0, 0.1) is 5.92 Å². The second kappa shape index (κ2) is 8.04. The van der Waals surface area contributed by atoms with Gasteiger partial charge in [0.15, 0.2) is 0 Å². The van der Waals surface area contributed by atoms with Gasteiger partial charge >= 0.3 is 0 Å². The molecule has 2 aromatic heterocycles. The van der Waals surface area contributed by atoms with Crippen molar-refractivity contribution >= 4 is 17.5 Å². The summed E-state index contributed by atoms with van der Waals surface area (Å²) in [6.07, 6.45) is 4.96. The minimum atomic E-state index is -0.223. The van der Waals surface area contributed by atoms with Gasteiger partial charge in [-0.15, -0.1) is 0 Å². The summed E-state index contributed by atoms with van der Waals surface area (Å²) in [6, 6.07) is 14.8. The van der Waals surface area contributed by atoms with Crippen LogP contribution in [-0.4, -0.2) is 45.0 Å². The molecular formula is C21H21N5O2. The number of likely N-dealkylation sites (tertiary alicyclic amines) is 1. The van der Waals surface area contributed by atoms with E-state index in [9.17, 15) is 9.59 Å². The summed E-state index contributed by atoms with van der Waals surface area (Å²) in [5, 5.41) is 9.97. The van der Waals surface area contributed by atoms with Crippen molar-refractivity contribution in [3.8, 4) is 11.3 Å². The highest BCUT2D eigenvalue weighted by molar-refractivity contribution is 5.95. The highest BCUT2D eigenvalue weighted by atomic mass is 16.2. The van der Waals surface area contributed by atoms with Crippen LogP contribution in [0.3, 0.4) is 0 Å². The molecule has 28 heavy (non-hydrogen) atoms. The van der Waals surface area contributed by atoms with E-state index in [2.05, 4.69) is 20.5 Å². The van der Waals surface area contributed by atoms with Crippen LogP contribution in [0.15, 0.2) is 60.9 Å². The number of hydrogen-bond acceptors (Lipinski definition) is 4. The first-order valence-corrected chi connectivity index (χ1v) is 9.32. The van der Waals surface area contributed by atoms with Crippen molar-refractivity contribution in [2.75, 3.05) is 18.4 Å². The SMILES string of the molecule is O=C(Nc1ccccc1)[C@H]1CCCN(C(=O)c2cc(-c3cccnc3)n[nH]2)C1. The van der Waals surface area contributed by atoms with Crippen molar-refractivity contribution in [1.82, 2.24) is 20.1 Å². The largest absolute Gasteiger partial charge is 0.337 e. The topological polar surface area (TPSA) is 91.0 Å². The zero-order valence-electron chi connectivity index (χ0n) is 15.3. The summed E-state index contributed by atoms with van der Waals surface area (Å²) >= 11 is 0. The number of amides is 2. The highest BCUT2D eigenvalue weighted by Gasteiger charge is 2.29. The third-order valence-corrected chi connectivity index (χ3v) is 4.89. The van der Waals surface area contributed by atoms with Crippen molar-refractivity contribution in [3.05, 3.63) is 66.6 Å². The number of aromatic amines is 1. The van der Waals surface area contributed by atoms with Crippen molar-refractivity contribution in [3.63, 3.8) is 0 Å². The summed E-state index contributed by atoms with van der Waals surface area (Å²) in [6.45, 7) is 1.04. The molecule has 2 N–H and O–H groups in total. The molecule has 1 aliphatic rings. The number of carbonyl (C=O) groups is 2. The first kappa shape index (κ1) is 17.9. The molecule has 1 fully saturated rings. The molecule has 0 aliphatic carbocycles. The van der Waals surface area contributed by atoms with Crippen LogP contribution >= 0.6 is 0 Å². The number of nitrogens with zero attached hydrogens (tertiary/aromatic N) is 3. The Labute approximate surface area is 162 Å². The molecule has 1 aromatic carbocycles. The van der Waals surface area contributed by atoms with Crippen LogP contribution in [0.25, 0.3) is 11.3 Å². The number of hydrogen-bond donors (Lipinski definition) is 2. The maximum atomic E-state index is 12.9. The minimum absolute atomic E-state index is 0.0515. The number of rotatable bonds is 4. The second-order valence-corrected chi connectivity index (χ2v) is 6.85. The molecule has 1 saturated heterocycles. The molecule has 1 atom stereocenters. The molecule has 7 nitrogen and oxygen atoms in total. The third-order valence-electron chi connectivity index (χ3n) is 4.89. The van der Waals surface area contributed by atoms with Gasteiger partial charge < -0.3 is 10.2 Å². The summed E-state index contributed by atoms with van der Waals surface area (Å²) in [7, 11) is 0. The van der Waals surface area contributed by atoms with Crippen LogP contribution < -0.4 is 5.32 Å². The van der Waals surface area contributed by atoms with E-state index < -0.39 is 0 Å². The number of aromatic nitrogens is 3. The fraction of sp³-hybridized carbons (Fsp3) is 0.238. The lowest BCUT2D eigenvalue weighted by atomic mass is 9.96. The van der Waals surface area contributed by atoms with E-state index in [0.29, 0.717) is 24.5 Å². The fourth-order valence-corrected chi connectivity index (χ4v) is 3.41. The first-order valence-electron chi connectivity index (χ1n) is 9.32. The van der Waals surface area contributed by atoms with Crippen LogP contribution in [0.1, 0.15) is 23.3 Å². The third kappa shape index (κ3) is 3.93. The zero-order valence-corrected chi connectivity index (χ0v) is 15.3. The Kier molecular flexibility index (Phi) is 5.14. The number of para-hydroxylation sites is 1. The summed E-state index contributed by atoms with van der Waals surface area (Å²) in [5.41, 5.74) is 2.71. The van der Waals surface area contributed by atoms with Gasteiger partial charge in [0, 0.05) is 36.7 Å². The van der Waals surface area contributed by atoms with Gasteiger partial charge in [0.25, 0.3) is 5.91 Å². The van der Waals surface area contributed by atoms with Crippen molar-refractivity contribution < 1.29 is 9.59 Å². The summed E-state index contributed by atoms with van der Waals surface area (Å²) in [4.78, 5) is 31.3. The van der Waals surface area contributed by atoms with Gasteiger partial charge in [-0.05, 0) is 43.2 Å². The fourth-order valence-electron chi connectivity index (χ4n) is 3.41. The Balaban J connectivity index is 1.42. The smallest absolute Gasteiger partial charge is 0.271 e. The van der Waals surface area contributed by atoms with E-state index in [1.807, 2.05) is 42.5 Å². The molecule has 2 amide bonds. The molecule has 0 spiro atoms. The predicted octanol–water partition coefficient (Wildman–Crippen LogP) is 2.96. The molecule has 3 heterocycles. The van der Waals surface area contributed by atoms with Crippen LogP contribution in [0.4, 0.5) is 5.69 Å².